The van der Waals surface area contributed by atoms with Crippen LogP contribution in [0.5, 0.6) is 0 Å². The first-order valence-electron chi connectivity index (χ1n) is 7.78. The molecule has 0 saturated heterocycles. The van der Waals surface area contributed by atoms with E-state index < -0.39 is 5.97 Å². The molecule has 0 bridgehead atoms. The summed E-state index contributed by atoms with van der Waals surface area (Å²) >= 11 is 12.3. The van der Waals surface area contributed by atoms with E-state index in [0.717, 1.165) is 22.2 Å². The summed E-state index contributed by atoms with van der Waals surface area (Å²) in [4.78, 5) is 16.8. The Morgan fingerprint density at radius 3 is 2.76 bits per heavy atom. The second-order valence-electron chi connectivity index (χ2n) is 5.47. The maximum Gasteiger partial charge on any atom is 0.341 e. The Kier molecular flexibility index (Phi) is 5.11. The number of aryl methyl sites for hydroxylation is 1. The Morgan fingerprint density at radius 2 is 2.04 bits per heavy atom. The first-order chi connectivity index (χ1) is 12.0. The van der Waals surface area contributed by atoms with Crippen LogP contribution in [-0.4, -0.2) is 17.6 Å². The molecule has 0 saturated carbocycles. The summed E-state index contributed by atoms with van der Waals surface area (Å²) in [5.74, 6) is -0.436. The van der Waals surface area contributed by atoms with Crippen molar-refractivity contribution >= 4 is 51.4 Å². The molecule has 0 atom stereocenters. The number of halogens is 2. The molecule has 128 valence electrons. The largest absolute Gasteiger partial charge is 0.462 e. The van der Waals surface area contributed by atoms with Gasteiger partial charge in [0, 0.05) is 27.3 Å². The molecular weight excluding hydrogens is 359 g/mol. The van der Waals surface area contributed by atoms with E-state index in [1.165, 1.54) is 6.20 Å². The molecule has 0 unspecified atom stereocenters. The fourth-order valence-electron chi connectivity index (χ4n) is 2.59. The molecule has 3 aromatic rings. The molecule has 0 amide bonds. The summed E-state index contributed by atoms with van der Waals surface area (Å²) in [7, 11) is 0. The third-order valence-corrected chi connectivity index (χ3v) is 4.46. The average Bonchev–Trinajstić information content (AvgIpc) is 2.58. The van der Waals surface area contributed by atoms with Crippen molar-refractivity contribution in [1.82, 2.24) is 4.98 Å². The molecule has 0 radical (unpaired) electrons. The van der Waals surface area contributed by atoms with Gasteiger partial charge in [-0.05, 0) is 49.7 Å². The Bertz CT molecular complexity index is 958. The maximum absolute atomic E-state index is 12.4. The van der Waals surface area contributed by atoms with Gasteiger partial charge in [0.05, 0.1) is 17.8 Å². The van der Waals surface area contributed by atoms with Gasteiger partial charge in [0.2, 0.25) is 0 Å². The van der Waals surface area contributed by atoms with Crippen molar-refractivity contribution < 1.29 is 9.53 Å². The van der Waals surface area contributed by atoms with Crippen molar-refractivity contribution in [2.24, 2.45) is 0 Å². The number of aromatic nitrogens is 1. The van der Waals surface area contributed by atoms with Gasteiger partial charge < -0.3 is 10.1 Å². The quantitative estimate of drug-likeness (QED) is 0.588. The third kappa shape index (κ3) is 3.55. The third-order valence-electron chi connectivity index (χ3n) is 3.82. The van der Waals surface area contributed by atoms with Crippen LogP contribution in [0.1, 0.15) is 22.8 Å². The Morgan fingerprint density at radius 1 is 1.24 bits per heavy atom. The van der Waals surface area contributed by atoms with Gasteiger partial charge in [-0.15, -0.1) is 0 Å². The van der Waals surface area contributed by atoms with Crippen LogP contribution in [0.15, 0.2) is 42.6 Å². The Labute approximate surface area is 155 Å². The van der Waals surface area contributed by atoms with Crippen molar-refractivity contribution in [2.45, 2.75) is 13.8 Å². The standard InChI is InChI=1S/C19H16Cl2N2O2/c1-3-25-19(24)15-10-22-17-11(2)16(21)8-7-14(17)18(15)23-13-6-4-5-12(20)9-13/h4-10H,3H2,1-2H3,(H,22,23). The zero-order chi connectivity index (χ0) is 18.0. The van der Waals surface area contributed by atoms with Crippen molar-refractivity contribution in [3.05, 3.63) is 63.8 Å². The lowest BCUT2D eigenvalue weighted by Crippen LogP contribution is -2.09. The van der Waals surface area contributed by atoms with E-state index in [4.69, 9.17) is 27.9 Å². The predicted molar refractivity (Wildman–Crippen MR) is 102 cm³/mol. The highest BCUT2D eigenvalue weighted by Crippen LogP contribution is 2.34. The predicted octanol–water partition coefficient (Wildman–Crippen LogP) is 5.77. The van der Waals surface area contributed by atoms with Crippen LogP contribution < -0.4 is 5.32 Å². The van der Waals surface area contributed by atoms with Gasteiger partial charge in [-0.25, -0.2) is 4.79 Å². The van der Waals surface area contributed by atoms with E-state index in [1.807, 2.05) is 25.1 Å². The highest BCUT2D eigenvalue weighted by atomic mass is 35.5. The van der Waals surface area contributed by atoms with E-state index in [0.29, 0.717) is 21.3 Å². The van der Waals surface area contributed by atoms with Crippen LogP contribution in [0.2, 0.25) is 10.0 Å². The monoisotopic (exact) mass is 374 g/mol. The summed E-state index contributed by atoms with van der Waals surface area (Å²) in [6, 6.07) is 10.9. The summed E-state index contributed by atoms with van der Waals surface area (Å²) in [6.45, 7) is 3.94. The normalized spacial score (nSPS) is 10.7. The molecule has 0 aliphatic rings. The Hall–Kier alpha value is -2.30. The minimum Gasteiger partial charge on any atom is -0.462 e. The van der Waals surface area contributed by atoms with Crippen LogP contribution in [-0.2, 0) is 4.74 Å². The summed E-state index contributed by atoms with van der Waals surface area (Å²) in [5, 5.41) is 5.28. The molecule has 1 aromatic heterocycles. The number of nitrogens with zero attached hydrogens (tertiary/aromatic N) is 1. The highest BCUT2D eigenvalue weighted by Gasteiger charge is 2.18. The number of hydrogen-bond donors (Lipinski definition) is 1. The lowest BCUT2D eigenvalue weighted by molar-refractivity contribution is 0.0527. The van der Waals surface area contributed by atoms with Crippen LogP contribution in [0.4, 0.5) is 11.4 Å². The van der Waals surface area contributed by atoms with Gasteiger partial charge in [0.1, 0.15) is 5.56 Å². The molecule has 2 aromatic carbocycles. The maximum atomic E-state index is 12.4. The first-order valence-corrected chi connectivity index (χ1v) is 8.54. The number of rotatable bonds is 4. The second-order valence-corrected chi connectivity index (χ2v) is 6.31. The van der Waals surface area contributed by atoms with Gasteiger partial charge in [0.15, 0.2) is 0 Å². The SMILES string of the molecule is CCOC(=O)c1cnc2c(C)c(Cl)ccc2c1Nc1cccc(Cl)c1. The van der Waals surface area contributed by atoms with Gasteiger partial charge in [-0.1, -0.05) is 29.3 Å². The number of nitrogens with one attached hydrogen (secondary N) is 1. The lowest BCUT2D eigenvalue weighted by Gasteiger charge is -2.15. The fraction of sp³-hybridized carbons (Fsp3) is 0.158. The minimum atomic E-state index is -0.436. The Balaban J connectivity index is 2.21. The smallest absolute Gasteiger partial charge is 0.341 e. The zero-order valence-electron chi connectivity index (χ0n) is 13.8. The summed E-state index contributed by atoms with van der Waals surface area (Å²) in [5.41, 5.74) is 3.31. The van der Waals surface area contributed by atoms with Crippen LogP contribution in [0.3, 0.4) is 0 Å². The van der Waals surface area contributed by atoms with Gasteiger partial charge in [-0.2, -0.15) is 0 Å². The molecule has 0 aliphatic heterocycles. The number of benzene rings is 2. The molecule has 3 rings (SSSR count). The molecule has 25 heavy (non-hydrogen) atoms. The molecule has 4 nitrogen and oxygen atoms in total. The molecule has 1 heterocycles. The summed E-state index contributed by atoms with van der Waals surface area (Å²) in [6.07, 6.45) is 1.51. The van der Waals surface area contributed by atoms with Gasteiger partial charge >= 0.3 is 5.97 Å². The highest BCUT2D eigenvalue weighted by molar-refractivity contribution is 6.32. The van der Waals surface area contributed by atoms with Crippen molar-refractivity contribution in [3.8, 4) is 0 Å². The van der Waals surface area contributed by atoms with Crippen molar-refractivity contribution in [1.29, 1.82) is 0 Å². The van der Waals surface area contributed by atoms with E-state index in [-0.39, 0.29) is 6.61 Å². The molecule has 0 aliphatic carbocycles. The second kappa shape index (κ2) is 7.30. The van der Waals surface area contributed by atoms with E-state index >= 15 is 0 Å². The van der Waals surface area contributed by atoms with Gasteiger partial charge in [-0.3, -0.25) is 4.98 Å². The zero-order valence-corrected chi connectivity index (χ0v) is 15.3. The van der Waals surface area contributed by atoms with Gasteiger partial charge in [0.25, 0.3) is 0 Å². The average molecular weight is 375 g/mol. The first kappa shape index (κ1) is 17.5. The minimum absolute atomic E-state index is 0.285. The van der Waals surface area contributed by atoms with Crippen molar-refractivity contribution in [3.63, 3.8) is 0 Å². The number of carbonyl (C=O) groups excluding carboxylic acids is 1. The van der Waals surface area contributed by atoms with Crippen LogP contribution in [0.25, 0.3) is 10.9 Å². The molecule has 6 heteroatoms. The molecule has 1 N–H and O–H groups in total. The number of anilines is 2. The van der Waals surface area contributed by atoms with E-state index in [1.54, 1.807) is 25.1 Å². The fourth-order valence-corrected chi connectivity index (χ4v) is 2.93. The van der Waals surface area contributed by atoms with E-state index in [9.17, 15) is 4.79 Å². The summed E-state index contributed by atoms with van der Waals surface area (Å²) < 4.78 is 5.16. The molecule has 0 spiro atoms. The number of esters is 1. The topological polar surface area (TPSA) is 51.2 Å². The van der Waals surface area contributed by atoms with Crippen molar-refractivity contribution in [2.75, 3.05) is 11.9 Å². The number of fused-ring (bicyclic) bond motifs is 1. The van der Waals surface area contributed by atoms with Crippen LogP contribution in [0, 0.1) is 6.92 Å². The lowest BCUT2D eigenvalue weighted by atomic mass is 10.1. The molecule has 0 fully saturated rings. The molecular formula is C19H16Cl2N2O2. The number of carbonyl (C=O) groups is 1. The van der Waals surface area contributed by atoms with E-state index in [2.05, 4.69) is 10.3 Å². The number of pyridine rings is 1. The number of ether oxygens (including phenoxy) is 1. The van der Waals surface area contributed by atoms with Crippen LogP contribution >= 0.6 is 23.2 Å². The number of hydrogen-bond acceptors (Lipinski definition) is 4.